The van der Waals surface area contributed by atoms with E-state index in [1.807, 2.05) is 0 Å². The third-order valence-corrected chi connectivity index (χ3v) is 2.79. The van der Waals surface area contributed by atoms with Gasteiger partial charge in [-0.15, -0.1) is 0 Å². The van der Waals surface area contributed by atoms with Crippen LogP contribution in [0.1, 0.15) is 5.56 Å². The van der Waals surface area contributed by atoms with E-state index < -0.39 is 0 Å². The fourth-order valence-corrected chi connectivity index (χ4v) is 1.68. The van der Waals surface area contributed by atoms with Crippen molar-refractivity contribution >= 4 is 40.3 Å². The van der Waals surface area contributed by atoms with Gasteiger partial charge < -0.3 is 11.1 Å². The smallest absolute Gasteiger partial charge is 0.130 e. The van der Waals surface area contributed by atoms with Crippen molar-refractivity contribution in [1.82, 2.24) is 4.98 Å². The molecular weight excluding hydrogens is 273 g/mol. The first-order valence-electron chi connectivity index (χ1n) is 5.04. The zero-order valence-corrected chi connectivity index (χ0v) is 10.7. The predicted molar refractivity (Wildman–Crippen MR) is 74.8 cm³/mol. The van der Waals surface area contributed by atoms with Gasteiger partial charge in [-0.25, -0.2) is 9.37 Å². The minimum absolute atomic E-state index is 0.286. The standard InChI is InChI=1S/C12H9ClFN3S/c13-9-5-8(14)2-3-10(9)17-11-4-1-7(6-16-11)12(15)18/h1-6H,(H2,15,18)(H,16,17). The number of hydrogen-bond acceptors (Lipinski definition) is 3. The molecule has 1 aromatic heterocycles. The van der Waals surface area contributed by atoms with Gasteiger partial charge in [0.1, 0.15) is 16.6 Å². The van der Waals surface area contributed by atoms with E-state index in [4.69, 9.17) is 29.6 Å². The molecular formula is C12H9ClFN3S. The second-order valence-corrected chi connectivity index (χ2v) is 4.39. The Morgan fingerprint density at radius 1 is 1.33 bits per heavy atom. The van der Waals surface area contributed by atoms with Crippen LogP contribution in [0.5, 0.6) is 0 Å². The second kappa shape index (κ2) is 5.29. The van der Waals surface area contributed by atoms with Crippen molar-refractivity contribution in [2.75, 3.05) is 5.32 Å². The number of nitrogens with two attached hydrogens (primary N) is 1. The topological polar surface area (TPSA) is 50.9 Å². The average molecular weight is 282 g/mol. The lowest BCUT2D eigenvalue weighted by Crippen LogP contribution is -2.09. The van der Waals surface area contributed by atoms with Gasteiger partial charge in [0, 0.05) is 11.8 Å². The molecule has 18 heavy (non-hydrogen) atoms. The van der Waals surface area contributed by atoms with Gasteiger partial charge in [-0.3, -0.25) is 0 Å². The number of rotatable bonds is 3. The van der Waals surface area contributed by atoms with Gasteiger partial charge >= 0.3 is 0 Å². The van der Waals surface area contributed by atoms with Gasteiger partial charge in [0.25, 0.3) is 0 Å². The molecule has 92 valence electrons. The van der Waals surface area contributed by atoms with Crippen LogP contribution >= 0.6 is 23.8 Å². The number of benzene rings is 1. The van der Waals surface area contributed by atoms with Gasteiger partial charge in [0.05, 0.1) is 10.7 Å². The van der Waals surface area contributed by atoms with Crippen LogP contribution in [-0.2, 0) is 0 Å². The summed E-state index contributed by atoms with van der Waals surface area (Å²) in [6, 6.07) is 7.55. The summed E-state index contributed by atoms with van der Waals surface area (Å²) >= 11 is 10.7. The van der Waals surface area contributed by atoms with Crippen LogP contribution in [0.3, 0.4) is 0 Å². The third kappa shape index (κ3) is 2.94. The van der Waals surface area contributed by atoms with E-state index in [2.05, 4.69) is 10.3 Å². The number of pyridine rings is 1. The highest BCUT2D eigenvalue weighted by Gasteiger charge is 2.03. The summed E-state index contributed by atoms with van der Waals surface area (Å²) in [6.07, 6.45) is 1.56. The van der Waals surface area contributed by atoms with Gasteiger partial charge in [0.2, 0.25) is 0 Å². The van der Waals surface area contributed by atoms with Crippen LogP contribution in [0.2, 0.25) is 5.02 Å². The van der Waals surface area contributed by atoms with Crippen molar-refractivity contribution in [3.8, 4) is 0 Å². The molecule has 1 aromatic carbocycles. The molecule has 0 aliphatic heterocycles. The Bertz CT molecular complexity index is 586. The quantitative estimate of drug-likeness (QED) is 0.848. The van der Waals surface area contributed by atoms with Crippen molar-refractivity contribution in [3.05, 3.63) is 52.9 Å². The van der Waals surface area contributed by atoms with E-state index in [0.29, 0.717) is 17.1 Å². The maximum atomic E-state index is 12.9. The van der Waals surface area contributed by atoms with E-state index in [9.17, 15) is 4.39 Å². The molecule has 0 aliphatic rings. The highest BCUT2D eigenvalue weighted by Crippen LogP contribution is 2.25. The number of nitrogens with one attached hydrogen (secondary N) is 1. The monoisotopic (exact) mass is 281 g/mol. The van der Waals surface area contributed by atoms with E-state index in [1.54, 1.807) is 24.4 Å². The Hall–Kier alpha value is -1.72. The summed E-state index contributed by atoms with van der Waals surface area (Å²) in [7, 11) is 0. The van der Waals surface area contributed by atoms with Crippen LogP contribution in [0.15, 0.2) is 36.5 Å². The van der Waals surface area contributed by atoms with Crippen molar-refractivity contribution in [1.29, 1.82) is 0 Å². The van der Waals surface area contributed by atoms with Crippen LogP contribution in [0, 0.1) is 5.82 Å². The van der Waals surface area contributed by atoms with Gasteiger partial charge in [-0.2, -0.15) is 0 Å². The van der Waals surface area contributed by atoms with E-state index in [0.717, 1.165) is 0 Å². The Kier molecular flexibility index (Phi) is 3.74. The summed E-state index contributed by atoms with van der Waals surface area (Å²) in [5.74, 6) is 0.186. The lowest BCUT2D eigenvalue weighted by Gasteiger charge is -2.08. The van der Waals surface area contributed by atoms with Crippen LogP contribution in [0.25, 0.3) is 0 Å². The van der Waals surface area contributed by atoms with Crippen LogP contribution in [0.4, 0.5) is 15.9 Å². The molecule has 0 unspecified atom stereocenters. The molecule has 2 aromatic rings. The molecule has 0 fully saturated rings. The lowest BCUT2D eigenvalue weighted by molar-refractivity contribution is 0.628. The lowest BCUT2D eigenvalue weighted by atomic mass is 10.2. The van der Waals surface area contributed by atoms with Crippen LogP contribution in [-0.4, -0.2) is 9.97 Å². The summed E-state index contributed by atoms with van der Waals surface area (Å²) < 4.78 is 12.9. The first-order valence-corrected chi connectivity index (χ1v) is 5.83. The molecule has 6 heteroatoms. The van der Waals surface area contributed by atoms with Gasteiger partial charge in [0.15, 0.2) is 0 Å². The molecule has 2 rings (SSSR count). The Morgan fingerprint density at radius 2 is 2.11 bits per heavy atom. The number of hydrogen-bond donors (Lipinski definition) is 2. The molecule has 3 nitrogen and oxygen atoms in total. The largest absolute Gasteiger partial charge is 0.389 e. The third-order valence-electron chi connectivity index (χ3n) is 2.24. The number of nitrogens with zero attached hydrogens (tertiary/aromatic N) is 1. The van der Waals surface area contributed by atoms with Gasteiger partial charge in [-0.1, -0.05) is 23.8 Å². The molecule has 0 saturated carbocycles. The minimum atomic E-state index is -0.387. The van der Waals surface area contributed by atoms with Crippen molar-refractivity contribution in [2.45, 2.75) is 0 Å². The zero-order valence-electron chi connectivity index (χ0n) is 9.15. The fourth-order valence-electron chi connectivity index (χ4n) is 1.34. The molecule has 0 aliphatic carbocycles. The molecule has 1 heterocycles. The highest BCUT2D eigenvalue weighted by atomic mass is 35.5. The molecule has 0 radical (unpaired) electrons. The maximum Gasteiger partial charge on any atom is 0.130 e. The van der Waals surface area contributed by atoms with Crippen molar-refractivity contribution in [3.63, 3.8) is 0 Å². The van der Waals surface area contributed by atoms with E-state index in [1.165, 1.54) is 12.1 Å². The number of thiocarbonyl (C=S) groups is 1. The van der Waals surface area contributed by atoms with Gasteiger partial charge in [-0.05, 0) is 30.3 Å². The van der Waals surface area contributed by atoms with Crippen molar-refractivity contribution < 1.29 is 4.39 Å². The summed E-state index contributed by atoms with van der Waals surface area (Å²) in [5.41, 5.74) is 6.72. The first-order chi connectivity index (χ1) is 8.56. The van der Waals surface area contributed by atoms with Crippen LogP contribution < -0.4 is 11.1 Å². The molecule has 3 N–H and O–H groups in total. The second-order valence-electron chi connectivity index (χ2n) is 3.55. The highest BCUT2D eigenvalue weighted by molar-refractivity contribution is 7.80. The molecule has 0 atom stereocenters. The number of aromatic nitrogens is 1. The minimum Gasteiger partial charge on any atom is -0.389 e. The molecule has 0 amide bonds. The van der Waals surface area contributed by atoms with E-state index in [-0.39, 0.29) is 15.8 Å². The summed E-state index contributed by atoms with van der Waals surface area (Å²) in [5, 5.41) is 3.26. The summed E-state index contributed by atoms with van der Waals surface area (Å²) in [6.45, 7) is 0. The Morgan fingerprint density at radius 3 is 2.67 bits per heavy atom. The number of anilines is 2. The predicted octanol–water partition coefficient (Wildman–Crippen LogP) is 3.25. The van der Waals surface area contributed by atoms with Crippen molar-refractivity contribution in [2.24, 2.45) is 5.73 Å². The normalized spacial score (nSPS) is 10.1. The zero-order chi connectivity index (χ0) is 13.1. The SMILES string of the molecule is NC(=S)c1ccc(Nc2ccc(F)cc2Cl)nc1. The summed E-state index contributed by atoms with van der Waals surface area (Å²) in [4.78, 5) is 4.41. The molecule has 0 saturated heterocycles. The maximum absolute atomic E-state index is 12.9. The van der Waals surface area contributed by atoms with E-state index >= 15 is 0 Å². The average Bonchev–Trinajstić information content (AvgIpc) is 2.33. The number of halogens is 2. The first kappa shape index (κ1) is 12.7. The molecule has 0 bridgehead atoms. The Balaban J connectivity index is 2.21. The Labute approximate surface area is 114 Å². The molecule has 0 spiro atoms. The fraction of sp³-hybridized carbons (Fsp3) is 0.